The molecule has 1 aromatic heterocycles. The second kappa shape index (κ2) is 8.03. The SMILES string of the molecule is Cc1ccc(NC(=O)c2cc3ccccc3cc2OCc2c(C)noc2C)c(C)c1. The monoisotopic (exact) mass is 400 g/mol. The van der Waals surface area contributed by atoms with Gasteiger partial charge in [-0.3, -0.25) is 4.79 Å². The van der Waals surface area contributed by atoms with Gasteiger partial charge in [-0.25, -0.2) is 0 Å². The predicted molar refractivity (Wildman–Crippen MR) is 118 cm³/mol. The Morgan fingerprint density at radius 1 is 1.00 bits per heavy atom. The van der Waals surface area contributed by atoms with Crippen molar-refractivity contribution in [2.45, 2.75) is 34.3 Å². The molecule has 0 radical (unpaired) electrons. The van der Waals surface area contributed by atoms with Gasteiger partial charge in [-0.2, -0.15) is 0 Å². The molecule has 4 aromatic rings. The van der Waals surface area contributed by atoms with Crippen LogP contribution in [0.4, 0.5) is 5.69 Å². The summed E-state index contributed by atoms with van der Waals surface area (Å²) >= 11 is 0. The van der Waals surface area contributed by atoms with Gasteiger partial charge in [0.25, 0.3) is 5.91 Å². The van der Waals surface area contributed by atoms with Crippen LogP contribution in [0.5, 0.6) is 5.75 Å². The van der Waals surface area contributed by atoms with E-state index in [0.29, 0.717) is 11.3 Å². The second-order valence-electron chi connectivity index (χ2n) is 7.56. The van der Waals surface area contributed by atoms with E-state index in [9.17, 15) is 4.79 Å². The molecule has 0 aliphatic heterocycles. The normalized spacial score (nSPS) is 10.9. The van der Waals surface area contributed by atoms with E-state index in [4.69, 9.17) is 9.26 Å². The highest BCUT2D eigenvalue weighted by Crippen LogP contribution is 2.29. The standard InChI is InChI=1S/C25H24N2O3/c1-15-9-10-23(16(2)11-15)26-25(28)21-12-19-7-5-6-8-20(19)13-24(21)29-14-22-17(3)27-30-18(22)4/h5-13H,14H2,1-4H3,(H,26,28). The molecule has 0 aliphatic carbocycles. The Hall–Kier alpha value is -3.60. The number of hydrogen-bond donors (Lipinski definition) is 1. The Morgan fingerprint density at radius 2 is 1.73 bits per heavy atom. The molecule has 3 aromatic carbocycles. The average molecular weight is 400 g/mol. The maximum Gasteiger partial charge on any atom is 0.259 e. The lowest BCUT2D eigenvalue weighted by Crippen LogP contribution is -2.15. The molecule has 0 unspecified atom stereocenters. The van der Waals surface area contributed by atoms with Gasteiger partial charge in [-0.1, -0.05) is 47.1 Å². The summed E-state index contributed by atoms with van der Waals surface area (Å²) in [5.41, 5.74) is 5.12. The predicted octanol–water partition coefficient (Wildman–Crippen LogP) is 5.89. The van der Waals surface area contributed by atoms with Gasteiger partial charge in [-0.15, -0.1) is 0 Å². The van der Waals surface area contributed by atoms with Crippen molar-refractivity contribution in [3.8, 4) is 5.75 Å². The van der Waals surface area contributed by atoms with Gasteiger partial charge < -0.3 is 14.6 Å². The summed E-state index contributed by atoms with van der Waals surface area (Å²) in [6.07, 6.45) is 0. The molecule has 0 fully saturated rings. The smallest absolute Gasteiger partial charge is 0.259 e. The van der Waals surface area contributed by atoms with Crippen LogP contribution >= 0.6 is 0 Å². The number of hydrogen-bond acceptors (Lipinski definition) is 4. The number of benzene rings is 3. The van der Waals surface area contributed by atoms with Crippen LogP contribution in [-0.2, 0) is 6.61 Å². The Morgan fingerprint density at radius 3 is 2.40 bits per heavy atom. The first-order valence-corrected chi connectivity index (χ1v) is 9.88. The second-order valence-corrected chi connectivity index (χ2v) is 7.56. The van der Waals surface area contributed by atoms with Crippen LogP contribution in [0.1, 0.15) is 38.5 Å². The number of carbonyl (C=O) groups is 1. The van der Waals surface area contributed by atoms with Gasteiger partial charge in [0.2, 0.25) is 0 Å². The highest BCUT2D eigenvalue weighted by molar-refractivity contribution is 6.09. The molecule has 0 bridgehead atoms. The largest absolute Gasteiger partial charge is 0.488 e. The fourth-order valence-electron chi connectivity index (χ4n) is 3.52. The van der Waals surface area contributed by atoms with Gasteiger partial charge >= 0.3 is 0 Å². The number of aromatic nitrogens is 1. The van der Waals surface area contributed by atoms with Crippen molar-refractivity contribution < 1.29 is 14.1 Å². The highest BCUT2D eigenvalue weighted by atomic mass is 16.5. The summed E-state index contributed by atoms with van der Waals surface area (Å²) in [6, 6.07) is 17.7. The van der Waals surface area contributed by atoms with Crippen molar-refractivity contribution in [2.24, 2.45) is 0 Å². The summed E-state index contributed by atoms with van der Waals surface area (Å²) in [4.78, 5) is 13.2. The summed E-state index contributed by atoms with van der Waals surface area (Å²) < 4.78 is 11.3. The Balaban J connectivity index is 1.69. The van der Waals surface area contributed by atoms with Crippen molar-refractivity contribution >= 4 is 22.4 Å². The zero-order valence-corrected chi connectivity index (χ0v) is 17.6. The zero-order valence-electron chi connectivity index (χ0n) is 17.6. The number of nitrogens with zero attached hydrogens (tertiary/aromatic N) is 1. The molecule has 0 saturated carbocycles. The van der Waals surface area contributed by atoms with Gasteiger partial charge in [0.15, 0.2) is 0 Å². The molecule has 1 amide bonds. The van der Waals surface area contributed by atoms with Crippen LogP contribution in [-0.4, -0.2) is 11.1 Å². The van der Waals surface area contributed by atoms with Crippen molar-refractivity contribution in [1.29, 1.82) is 0 Å². The minimum Gasteiger partial charge on any atom is -0.488 e. The quantitative estimate of drug-likeness (QED) is 0.453. The van der Waals surface area contributed by atoms with Crippen LogP contribution < -0.4 is 10.1 Å². The summed E-state index contributed by atoms with van der Waals surface area (Å²) in [7, 11) is 0. The summed E-state index contributed by atoms with van der Waals surface area (Å²) in [6.45, 7) is 8.03. The van der Waals surface area contributed by atoms with E-state index in [2.05, 4.69) is 10.5 Å². The fraction of sp³-hybridized carbons (Fsp3) is 0.200. The van der Waals surface area contributed by atoms with Gasteiger partial charge in [0, 0.05) is 5.69 Å². The third-order valence-electron chi connectivity index (χ3n) is 5.28. The van der Waals surface area contributed by atoms with E-state index in [1.165, 1.54) is 0 Å². The molecule has 4 rings (SSSR count). The minimum absolute atomic E-state index is 0.207. The van der Waals surface area contributed by atoms with E-state index in [0.717, 1.165) is 44.6 Å². The van der Waals surface area contributed by atoms with Gasteiger partial charge in [0.05, 0.1) is 16.8 Å². The molecule has 5 heteroatoms. The van der Waals surface area contributed by atoms with Crippen LogP contribution in [0.25, 0.3) is 10.8 Å². The molecule has 0 saturated heterocycles. The molecule has 30 heavy (non-hydrogen) atoms. The topological polar surface area (TPSA) is 64.4 Å². The number of nitrogens with one attached hydrogen (secondary N) is 1. The van der Waals surface area contributed by atoms with Crippen molar-refractivity contribution in [1.82, 2.24) is 5.16 Å². The molecule has 0 atom stereocenters. The van der Waals surface area contributed by atoms with E-state index in [1.54, 1.807) is 0 Å². The zero-order chi connectivity index (χ0) is 21.3. The minimum atomic E-state index is -0.207. The average Bonchev–Trinajstić information content (AvgIpc) is 3.05. The number of rotatable bonds is 5. The first-order chi connectivity index (χ1) is 14.4. The summed E-state index contributed by atoms with van der Waals surface area (Å²) in [5.74, 6) is 1.03. The van der Waals surface area contributed by atoms with Gasteiger partial charge in [0.1, 0.15) is 18.1 Å². The van der Waals surface area contributed by atoms with Crippen molar-refractivity contribution in [3.05, 3.63) is 88.3 Å². The Kier molecular flexibility index (Phi) is 5.27. The van der Waals surface area contributed by atoms with Crippen LogP contribution in [0.3, 0.4) is 0 Å². The lowest BCUT2D eigenvalue weighted by atomic mass is 10.0. The van der Waals surface area contributed by atoms with E-state index in [-0.39, 0.29) is 12.5 Å². The third kappa shape index (κ3) is 3.92. The molecule has 1 N–H and O–H groups in total. The van der Waals surface area contributed by atoms with Crippen molar-refractivity contribution in [3.63, 3.8) is 0 Å². The van der Waals surface area contributed by atoms with Crippen LogP contribution in [0.15, 0.2) is 59.1 Å². The molecule has 0 aliphatic rings. The molecular formula is C25H24N2O3. The number of carbonyl (C=O) groups excluding carboxylic acids is 1. The summed E-state index contributed by atoms with van der Waals surface area (Å²) in [5, 5.41) is 8.99. The third-order valence-corrected chi connectivity index (χ3v) is 5.28. The Labute approximate surface area is 175 Å². The molecule has 5 nitrogen and oxygen atoms in total. The lowest BCUT2D eigenvalue weighted by Gasteiger charge is -2.14. The van der Waals surface area contributed by atoms with Crippen LogP contribution in [0.2, 0.25) is 0 Å². The molecular weight excluding hydrogens is 376 g/mol. The number of fused-ring (bicyclic) bond motifs is 1. The number of aryl methyl sites for hydroxylation is 4. The van der Waals surface area contributed by atoms with Crippen molar-refractivity contribution in [2.75, 3.05) is 5.32 Å². The maximum absolute atomic E-state index is 13.2. The number of anilines is 1. The number of ether oxygens (including phenoxy) is 1. The van der Waals surface area contributed by atoms with E-state index >= 15 is 0 Å². The Bertz CT molecular complexity index is 1220. The number of amides is 1. The van der Waals surface area contributed by atoms with Crippen LogP contribution in [0, 0.1) is 27.7 Å². The molecule has 152 valence electrons. The first-order valence-electron chi connectivity index (χ1n) is 9.88. The lowest BCUT2D eigenvalue weighted by molar-refractivity contribution is 0.102. The molecule has 1 heterocycles. The van der Waals surface area contributed by atoms with E-state index in [1.807, 2.05) is 82.3 Å². The fourth-order valence-corrected chi connectivity index (χ4v) is 3.52. The molecule has 0 spiro atoms. The van der Waals surface area contributed by atoms with E-state index < -0.39 is 0 Å². The van der Waals surface area contributed by atoms with Gasteiger partial charge in [-0.05, 0) is 62.2 Å². The first kappa shape index (κ1) is 19.7. The maximum atomic E-state index is 13.2. The highest BCUT2D eigenvalue weighted by Gasteiger charge is 2.17.